The zero-order valence-corrected chi connectivity index (χ0v) is 11.4. The van der Waals surface area contributed by atoms with Gasteiger partial charge in [0, 0.05) is 28.4 Å². The van der Waals surface area contributed by atoms with E-state index in [1.54, 1.807) is 6.20 Å². The number of nitro benzene ring substituents is 1. The molecule has 2 rings (SSSR count). The minimum Gasteiger partial charge on any atom is -0.380 e. The van der Waals surface area contributed by atoms with E-state index in [4.69, 9.17) is 11.6 Å². The van der Waals surface area contributed by atoms with Crippen LogP contribution in [0.5, 0.6) is 0 Å². The lowest BCUT2D eigenvalue weighted by molar-refractivity contribution is -0.387. The number of nitro groups is 1. The number of rotatable bonds is 4. The molecule has 0 unspecified atom stereocenters. The van der Waals surface area contributed by atoms with E-state index < -0.39 is 16.4 Å². The van der Waals surface area contributed by atoms with Crippen LogP contribution in [-0.2, 0) is 6.54 Å². The van der Waals surface area contributed by atoms with Crippen molar-refractivity contribution in [2.24, 2.45) is 0 Å². The van der Waals surface area contributed by atoms with E-state index in [9.17, 15) is 14.5 Å². The highest BCUT2D eigenvalue weighted by molar-refractivity contribution is 7.15. The van der Waals surface area contributed by atoms with Crippen LogP contribution >= 0.6 is 22.9 Å². The highest BCUT2D eigenvalue weighted by Crippen LogP contribution is 2.27. The first-order valence-electron chi connectivity index (χ1n) is 5.26. The first kappa shape index (κ1) is 13.7. The largest absolute Gasteiger partial charge is 0.380 e. The maximum atomic E-state index is 13.7. The molecule has 0 aliphatic heterocycles. The number of halogens is 2. The number of nitrogens with one attached hydrogen (secondary N) is 1. The summed E-state index contributed by atoms with van der Waals surface area (Å²) in [6.45, 7) is 1.92. The molecule has 0 aliphatic rings. The van der Waals surface area contributed by atoms with E-state index in [0.717, 1.165) is 10.9 Å². The average Bonchev–Trinajstić information content (AvgIpc) is 2.76. The summed E-state index contributed by atoms with van der Waals surface area (Å²) in [7, 11) is 0. The molecule has 2 aromatic rings. The van der Waals surface area contributed by atoms with Crippen molar-refractivity contribution >= 4 is 34.3 Å². The second kappa shape index (κ2) is 5.50. The minimum atomic E-state index is -0.822. The summed E-state index contributed by atoms with van der Waals surface area (Å²) >= 11 is 7.01. The number of anilines is 1. The number of aromatic nitrogens is 1. The Balaban J connectivity index is 2.17. The molecule has 8 heteroatoms. The lowest BCUT2D eigenvalue weighted by atomic mass is 10.1. The predicted molar refractivity (Wildman–Crippen MR) is 72.2 cm³/mol. The van der Waals surface area contributed by atoms with Crippen LogP contribution in [-0.4, -0.2) is 9.91 Å². The lowest BCUT2D eigenvalue weighted by Gasteiger charge is -2.09. The highest BCUT2D eigenvalue weighted by atomic mass is 35.5. The van der Waals surface area contributed by atoms with Gasteiger partial charge in [0.05, 0.1) is 11.5 Å². The van der Waals surface area contributed by atoms with Gasteiger partial charge in [-0.05, 0) is 13.0 Å². The van der Waals surface area contributed by atoms with Gasteiger partial charge in [-0.15, -0.1) is 11.3 Å². The van der Waals surface area contributed by atoms with Crippen molar-refractivity contribution in [1.82, 2.24) is 4.98 Å². The third kappa shape index (κ3) is 2.99. The molecule has 0 radical (unpaired) electrons. The lowest BCUT2D eigenvalue weighted by Crippen LogP contribution is -2.03. The van der Waals surface area contributed by atoms with Crippen LogP contribution in [0.25, 0.3) is 0 Å². The first-order chi connectivity index (χ1) is 8.99. The standard InChI is InChI=1S/C11H9ClFN3O2S/c1-6-8(2-3-9(10(6)13)16(17)18)14-4-7-5-15-11(12)19-7/h2-3,5,14H,4H2,1H3. The summed E-state index contributed by atoms with van der Waals surface area (Å²) in [6.07, 6.45) is 1.62. The van der Waals surface area contributed by atoms with Crippen molar-refractivity contribution in [2.75, 3.05) is 5.32 Å². The Morgan fingerprint density at radius 1 is 1.58 bits per heavy atom. The molecule has 5 nitrogen and oxygen atoms in total. The van der Waals surface area contributed by atoms with Crippen LogP contribution in [0.15, 0.2) is 18.3 Å². The molecule has 0 bridgehead atoms. The molecule has 0 amide bonds. The molecular formula is C11H9ClFN3O2S. The van der Waals surface area contributed by atoms with Crippen LogP contribution in [0.1, 0.15) is 10.4 Å². The molecule has 0 spiro atoms. The summed E-state index contributed by atoms with van der Waals surface area (Å²) in [4.78, 5) is 14.6. The van der Waals surface area contributed by atoms with Crippen LogP contribution in [0, 0.1) is 22.9 Å². The van der Waals surface area contributed by atoms with Crippen molar-refractivity contribution in [1.29, 1.82) is 0 Å². The second-order valence-corrected chi connectivity index (χ2v) is 5.46. The molecule has 1 heterocycles. The summed E-state index contributed by atoms with van der Waals surface area (Å²) < 4.78 is 14.2. The fraction of sp³-hybridized carbons (Fsp3) is 0.182. The fourth-order valence-corrected chi connectivity index (χ4v) is 2.47. The van der Waals surface area contributed by atoms with Gasteiger partial charge in [-0.25, -0.2) is 4.98 Å². The van der Waals surface area contributed by atoms with Gasteiger partial charge in [0.2, 0.25) is 5.82 Å². The number of hydrogen-bond donors (Lipinski definition) is 1. The summed E-state index contributed by atoms with van der Waals surface area (Å²) in [5.74, 6) is -0.822. The highest BCUT2D eigenvalue weighted by Gasteiger charge is 2.18. The van der Waals surface area contributed by atoms with Gasteiger partial charge in [0.15, 0.2) is 4.47 Å². The van der Waals surface area contributed by atoms with Gasteiger partial charge in [-0.1, -0.05) is 11.6 Å². The van der Waals surface area contributed by atoms with Gasteiger partial charge in [-0.3, -0.25) is 10.1 Å². The average molecular weight is 302 g/mol. The van der Waals surface area contributed by atoms with Crippen LogP contribution in [0.4, 0.5) is 15.8 Å². The van der Waals surface area contributed by atoms with Gasteiger partial charge in [0.25, 0.3) is 0 Å². The van der Waals surface area contributed by atoms with Crippen LogP contribution in [0.3, 0.4) is 0 Å². The molecule has 1 N–H and O–H groups in total. The SMILES string of the molecule is Cc1c(NCc2cnc(Cl)s2)ccc([N+](=O)[O-])c1F. The molecule has 0 saturated heterocycles. The first-order valence-corrected chi connectivity index (χ1v) is 6.46. The number of hydrogen-bond acceptors (Lipinski definition) is 5. The summed E-state index contributed by atoms with van der Waals surface area (Å²) in [5.41, 5.74) is 0.196. The van der Waals surface area contributed by atoms with Gasteiger partial charge >= 0.3 is 5.69 Å². The number of nitrogens with zero attached hydrogens (tertiary/aromatic N) is 2. The normalized spacial score (nSPS) is 10.5. The maximum absolute atomic E-state index is 13.7. The Morgan fingerprint density at radius 2 is 2.32 bits per heavy atom. The fourth-order valence-electron chi connectivity index (χ4n) is 1.55. The molecule has 100 valence electrons. The zero-order chi connectivity index (χ0) is 14.0. The van der Waals surface area contributed by atoms with Crippen molar-refractivity contribution in [2.45, 2.75) is 13.5 Å². The summed E-state index contributed by atoms with van der Waals surface area (Å²) in [6, 6.07) is 2.63. The molecule has 1 aromatic carbocycles. The van der Waals surface area contributed by atoms with Gasteiger partial charge in [0.1, 0.15) is 0 Å². The quantitative estimate of drug-likeness (QED) is 0.689. The molecule has 0 aliphatic carbocycles. The molecular weight excluding hydrogens is 293 g/mol. The smallest absolute Gasteiger partial charge is 0.305 e. The third-order valence-electron chi connectivity index (χ3n) is 2.54. The van der Waals surface area contributed by atoms with E-state index in [1.807, 2.05) is 0 Å². The molecule has 19 heavy (non-hydrogen) atoms. The minimum absolute atomic E-state index is 0.213. The van der Waals surface area contributed by atoms with Gasteiger partial charge in [-0.2, -0.15) is 4.39 Å². The Hall–Kier alpha value is -1.73. The number of benzene rings is 1. The molecule has 0 atom stereocenters. The Morgan fingerprint density at radius 3 is 2.89 bits per heavy atom. The predicted octanol–water partition coefficient (Wildman–Crippen LogP) is 3.76. The Labute approximate surface area is 117 Å². The van der Waals surface area contributed by atoms with E-state index in [-0.39, 0.29) is 5.56 Å². The Bertz CT molecular complexity index is 632. The zero-order valence-electron chi connectivity index (χ0n) is 9.81. The molecule has 0 fully saturated rings. The number of thiazole rings is 1. The Kier molecular flexibility index (Phi) is 3.96. The van der Waals surface area contributed by atoms with E-state index in [0.29, 0.717) is 16.7 Å². The maximum Gasteiger partial charge on any atom is 0.305 e. The topological polar surface area (TPSA) is 68.1 Å². The van der Waals surface area contributed by atoms with E-state index >= 15 is 0 Å². The van der Waals surface area contributed by atoms with Crippen molar-refractivity contribution < 1.29 is 9.31 Å². The van der Waals surface area contributed by atoms with Crippen molar-refractivity contribution in [3.05, 3.63) is 49.2 Å². The second-order valence-electron chi connectivity index (χ2n) is 3.76. The van der Waals surface area contributed by atoms with E-state index in [1.165, 1.54) is 24.3 Å². The van der Waals surface area contributed by atoms with E-state index in [2.05, 4.69) is 10.3 Å². The molecule has 0 saturated carbocycles. The summed E-state index contributed by atoms with van der Waals surface area (Å²) in [5, 5.41) is 13.6. The molecule has 1 aromatic heterocycles. The van der Waals surface area contributed by atoms with Crippen LogP contribution < -0.4 is 5.32 Å². The van der Waals surface area contributed by atoms with Gasteiger partial charge < -0.3 is 5.32 Å². The monoisotopic (exact) mass is 301 g/mol. The van der Waals surface area contributed by atoms with Crippen molar-refractivity contribution in [3.63, 3.8) is 0 Å². The van der Waals surface area contributed by atoms with Crippen molar-refractivity contribution in [3.8, 4) is 0 Å². The van der Waals surface area contributed by atoms with Crippen LogP contribution in [0.2, 0.25) is 4.47 Å². The third-order valence-corrected chi connectivity index (χ3v) is 3.66.